The highest BCUT2D eigenvalue weighted by molar-refractivity contribution is 5.94. The molecule has 178 valence electrons. The Balaban J connectivity index is 2.95. The Kier molecular flexibility index (Phi) is 10.4. The Bertz CT molecular complexity index is 652. The second kappa shape index (κ2) is 12.0. The molecule has 1 aliphatic heterocycles. The molecule has 0 radical (unpaired) electrons. The van der Waals surface area contributed by atoms with Crippen LogP contribution < -0.4 is 16.4 Å². The predicted octanol–water partition coefficient (Wildman–Crippen LogP) is -0.168. The monoisotopic (exact) mass is 442 g/mol. The maximum atomic E-state index is 13.1. The second-order valence-corrected chi connectivity index (χ2v) is 9.18. The van der Waals surface area contributed by atoms with E-state index in [0.717, 1.165) is 0 Å². The van der Waals surface area contributed by atoms with Crippen molar-refractivity contribution in [3.63, 3.8) is 0 Å². The maximum Gasteiger partial charge on any atom is 0.326 e. The number of carbonyl (C=O) groups is 4. The molecule has 1 heterocycles. The van der Waals surface area contributed by atoms with E-state index >= 15 is 0 Å². The summed E-state index contributed by atoms with van der Waals surface area (Å²) in [5.74, 6) is -2.61. The Morgan fingerprint density at radius 1 is 1.00 bits per heavy atom. The first kappa shape index (κ1) is 26.8. The molecule has 0 saturated carbocycles. The van der Waals surface area contributed by atoms with Crippen LogP contribution >= 0.6 is 0 Å². The summed E-state index contributed by atoms with van der Waals surface area (Å²) in [6.07, 6.45) is 0.429. The average Bonchev–Trinajstić information content (AvgIpc) is 3.13. The van der Waals surface area contributed by atoms with E-state index in [4.69, 9.17) is 5.73 Å². The summed E-state index contributed by atoms with van der Waals surface area (Å²) in [4.78, 5) is 51.0. The minimum atomic E-state index is -1.29. The van der Waals surface area contributed by atoms with Gasteiger partial charge in [0, 0.05) is 6.54 Å². The maximum absolute atomic E-state index is 13.1. The van der Waals surface area contributed by atoms with Gasteiger partial charge in [0.05, 0.1) is 12.1 Å². The summed E-state index contributed by atoms with van der Waals surface area (Å²) in [6, 6.07) is -4.00. The molecule has 1 fully saturated rings. The van der Waals surface area contributed by atoms with Crippen LogP contribution in [0.1, 0.15) is 60.3 Å². The van der Waals surface area contributed by atoms with E-state index in [0.29, 0.717) is 32.2 Å². The highest BCUT2D eigenvalue weighted by atomic mass is 16.4. The molecular formula is C21H38N4O6. The van der Waals surface area contributed by atoms with E-state index in [2.05, 4.69) is 10.6 Å². The second-order valence-electron chi connectivity index (χ2n) is 9.18. The van der Waals surface area contributed by atoms with Crippen molar-refractivity contribution in [1.82, 2.24) is 15.5 Å². The largest absolute Gasteiger partial charge is 0.480 e. The molecular weight excluding hydrogens is 404 g/mol. The fourth-order valence-corrected chi connectivity index (χ4v) is 3.72. The number of nitrogens with two attached hydrogens (primary N) is 1. The fraction of sp³-hybridized carbons (Fsp3) is 0.810. The molecule has 31 heavy (non-hydrogen) atoms. The van der Waals surface area contributed by atoms with E-state index in [1.54, 1.807) is 0 Å². The van der Waals surface area contributed by atoms with Gasteiger partial charge in [-0.25, -0.2) is 4.79 Å². The highest BCUT2D eigenvalue weighted by Gasteiger charge is 2.39. The molecule has 0 aromatic rings. The predicted molar refractivity (Wildman–Crippen MR) is 115 cm³/mol. The number of carboxylic acid groups (broad SMARTS) is 1. The standard InChI is InChI=1S/C21H38N4O6/c1-11(2)9-14(22)18(27)24-17(13(5)26)19(28)23-15(10-12(3)4)20(29)25-8-6-7-16(25)21(30)31/h11-17,26H,6-10,22H2,1-5H3,(H,23,28)(H,24,27)(H,30,31). The summed E-state index contributed by atoms with van der Waals surface area (Å²) in [6.45, 7) is 9.25. The zero-order chi connectivity index (χ0) is 23.9. The van der Waals surface area contributed by atoms with E-state index in [1.807, 2.05) is 27.7 Å². The molecule has 5 atom stereocenters. The van der Waals surface area contributed by atoms with E-state index in [-0.39, 0.29) is 11.8 Å². The highest BCUT2D eigenvalue weighted by Crippen LogP contribution is 2.20. The van der Waals surface area contributed by atoms with Gasteiger partial charge in [-0.1, -0.05) is 27.7 Å². The number of aliphatic carboxylic acids is 1. The summed E-state index contributed by atoms with van der Waals surface area (Å²) in [5, 5.41) is 24.5. The number of aliphatic hydroxyl groups excluding tert-OH is 1. The molecule has 0 aromatic carbocycles. The van der Waals surface area contributed by atoms with Gasteiger partial charge in [0.25, 0.3) is 0 Å². The lowest BCUT2D eigenvalue weighted by Gasteiger charge is -2.30. The Morgan fingerprint density at radius 3 is 2.06 bits per heavy atom. The van der Waals surface area contributed by atoms with Crippen molar-refractivity contribution in [3.8, 4) is 0 Å². The van der Waals surface area contributed by atoms with Crippen LogP contribution in [0.5, 0.6) is 0 Å². The molecule has 0 aromatic heterocycles. The number of carboxylic acids is 1. The van der Waals surface area contributed by atoms with Crippen molar-refractivity contribution in [2.24, 2.45) is 17.6 Å². The SMILES string of the molecule is CC(C)CC(N)C(=O)NC(C(=O)NC(CC(C)C)C(=O)N1CCCC1C(=O)O)C(C)O. The zero-order valence-electron chi connectivity index (χ0n) is 19.1. The molecule has 0 bridgehead atoms. The van der Waals surface area contributed by atoms with Crippen molar-refractivity contribution < 1.29 is 29.4 Å². The summed E-state index contributed by atoms with van der Waals surface area (Å²) < 4.78 is 0. The molecule has 1 rings (SSSR count). The minimum Gasteiger partial charge on any atom is -0.480 e. The topological polar surface area (TPSA) is 162 Å². The summed E-state index contributed by atoms with van der Waals surface area (Å²) >= 11 is 0. The number of likely N-dealkylation sites (tertiary alicyclic amines) is 1. The molecule has 6 N–H and O–H groups in total. The normalized spacial score (nSPS) is 20.3. The van der Waals surface area contributed by atoms with Gasteiger partial charge >= 0.3 is 5.97 Å². The Labute approximate surface area is 183 Å². The number of hydrogen-bond donors (Lipinski definition) is 5. The molecule has 0 spiro atoms. The summed E-state index contributed by atoms with van der Waals surface area (Å²) in [7, 11) is 0. The lowest BCUT2D eigenvalue weighted by atomic mass is 10.0. The van der Waals surface area contributed by atoms with Crippen molar-refractivity contribution in [3.05, 3.63) is 0 Å². The van der Waals surface area contributed by atoms with Crippen LogP contribution in [0.2, 0.25) is 0 Å². The molecule has 3 amide bonds. The van der Waals surface area contributed by atoms with Crippen LogP contribution in [0.3, 0.4) is 0 Å². The van der Waals surface area contributed by atoms with Crippen molar-refractivity contribution >= 4 is 23.7 Å². The molecule has 1 aliphatic rings. The zero-order valence-corrected chi connectivity index (χ0v) is 19.1. The number of nitrogens with one attached hydrogen (secondary N) is 2. The third-order valence-corrected chi connectivity index (χ3v) is 5.27. The number of carbonyl (C=O) groups excluding carboxylic acids is 3. The van der Waals surface area contributed by atoms with Gasteiger partial charge in [-0.05, 0) is 44.4 Å². The van der Waals surface area contributed by atoms with E-state index < -0.39 is 54.0 Å². The van der Waals surface area contributed by atoms with Crippen LogP contribution in [0.25, 0.3) is 0 Å². The Hall–Kier alpha value is -2.20. The number of amides is 3. The molecule has 5 unspecified atom stereocenters. The van der Waals surface area contributed by atoms with Crippen LogP contribution in [0, 0.1) is 11.8 Å². The van der Waals surface area contributed by atoms with Crippen LogP contribution in [-0.2, 0) is 19.2 Å². The Morgan fingerprint density at radius 2 is 1.58 bits per heavy atom. The third-order valence-electron chi connectivity index (χ3n) is 5.27. The number of rotatable bonds is 11. The van der Waals surface area contributed by atoms with E-state index in [9.17, 15) is 29.4 Å². The van der Waals surface area contributed by atoms with Crippen LogP contribution in [-0.4, -0.2) is 75.6 Å². The smallest absolute Gasteiger partial charge is 0.326 e. The van der Waals surface area contributed by atoms with Crippen molar-refractivity contribution in [1.29, 1.82) is 0 Å². The molecule has 1 saturated heterocycles. The lowest BCUT2D eigenvalue weighted by Crippen LogP contribution is -2.60. The van der Waals surface area contributed by atoms with Gasteiger partial charge in [0.15, 0.2) is 0 Å². The molecule has 0 aliphatic carbocycles. The molecule has 10 heteroatoms. The summed E-state index contributed by atoms with van der Waals surface area (Å²) in [5.41, 5.74) is 5.87. The quantitative estimate of drug-likeness (QED) is 0.297. The number of aliphatic hydroxyl groups is 1. The first-order chi connectivity index (χ1) is 14.3. The molecule has 10 nitrogen and oxygen atoms in total. The fourth-order valence-electron chi connectivity index (χ4n) is 3.72. The van der Waals surface area contributed by atoms with Gasteiger partial charge in [-0.15, -0.1) is 0 Å². The van der Waals surface area contributed by atoms with E-state index in [1.165, 1.54) is 11.8 Å². The van der Waals surface area contributed by atoms with Gasteiger partial charge in [-0.2, -0.15) is 0 Å². The van der Waals surface area contributed by atoms with Crippen molar-refractivity contribution in [2.75, 3.05) is 6.54 Å². The first-order valence-corrected chi connectivity index (χ1v) is 10.9. The third kappa shape index (κ3) is 8.10. The average molecular weight is 443 g/mol. The first-order valence-electron chi connectivity index (χ1n) is 10.9. The number of nitrogens with zero attached hydrogens (tertiary/aromatic N) is 1. The van der Waals surface area contributed by atoms with Gasteiger partial charge in [0.1, 0.15) is 18.1 Å². The van der Waals surface area contributed by atoms with Crippen molar-refractivity contribution in [2.45, 2.75) is 90.6 Å². The minimum absolute atomic E-state index is 0.0409. The lowest BCUT2D eigenvalue weighted by molar-refractivity contribution is -0.149. The van der Waals surface area contributed by atoms with Crippen LogP contribution in [0.4, 0.5) is 0 Å². The number of hydrogen-bond acceptors (Lipinski definition) is 6. The van der Waals surface area contributed by atoms with Gasteiger partial charge < -0.3 is 31.5 Å². The van der Waals surface area contributed by atoms with Crippen LogP contribution in [0.15, 0.2) is 0 Å². The van der Waals surface area contributed by atoms with Gasteiger partial charge in [-0.3, -0.25) is 14.4 Å². The van der Waals surface area contributed by atoms with Gasteiger partial charge in [0.2, 0.25) is 17.7 Å².